The van der Waals surface area contributed by atoms with E-state index < -0.39 is 29.9 Å². The number of isocyanates is 1. The van der Waals surface area contributed by atoms with Gasteiger partial charge in [0.25, 0.3) is 0 Å². The van der Waals surface area contributed by atoms with Gasteiger partial charge >= 0.3 is 0 Å². The molecule has 0 aromatic carbocycles. The number of hydrogen-bond acceptors (Lipinski definition) is 5. The zero-order chi connectivity index (χ0) is 20.1. The summed E-state index contributed by atoms with van der Waals surface area (Å²) in [6.07, 6.45) is 5.29. The molecule has 0 aromatic rings. The Morgan fingerprint density at radius 3 is 2.12 bits per heavy atom. The molecule has 0 aliphatic rings. The smallest absolute Gasteiger partial charge is 0.246 e. The Morgan fingerprint density at radius 2 is 1.65 bits per heavy atom. The maximum Gasteiger partial charge on any atom is 0.246 e. The van der Waals surface area contributed by atoms with Gasteiger partial charge in [0, 0.05) is 0 Å². The predicted octanol–water partition coefficient (Wildman–Crippen LogP) is 2.14. The standard InChI is InChI=1S/C19H33N3O4/c1-6-7-8-15(11-23)21-19(26)17(10-14(4)5)22-18(25)16(20-12-24)9-13(2)3/h11,13-17H,6-10H2,1-5H3,(H,21,26)(H,22,25)/t15-,16-,17-/m0/s1. The molecule has 2 N–H and O–H groups in total. The highest BCUT2D eigenvalue weighted by Crippen LogP contribution is 2.11. The molecule has 0 spiro atoms. The Bertz CT molecular complexity index is 499. The molecule has 0 saturated heterocycles. The van der Waals surface area contributed by atoms with Gasteiger partial charge in [0.05, 0.1) is 6.04 Å². The Balaban J connectivity index is 5.10. The van der Waals surface area contributed by atoms with Crippen molar-refractivity contribution in [2.75, 3.05) is 0 Å². The third kappa shape index (κ3) is 10.1. The fraction of sp³-hybridized carbons (Fsp3) is 0.789. The quantitative estimate of drug-likeness (QED) is 0.295. The molecule has 7 nitrogen and oxygen atoms in total. The lowest BCUT2D eigenvalue weighted by Gasteiger charge is -2.24. The largest absolute Gasteiger partial charge is 0.345 e. The summed E-state index contributed by atoms with van der Waals surface area (Å²) in [7, 11) is 0. The highest BCUT2D eigenvalue weighted by atomic mass is 16.2. The van der Waals surface area contributed by atoms with E-state index in [0.29, 0.717) is 19.3 Å². The van der Waals surface area contributed by atoms with Crippen molar-refractivity contribution in [3.63, 3.8) is 0 Å². The molecule has 0 aromatic heterocycles. The van der Waals surface area contributed by atoms with Gasteiger partial charge in [-0.2, -0.15) is 4.99 Å². The lowest BCUT2D eigenvalue weighted by molar-refractivity contribution is -0.131. The van der Waals surface area contributed by atoms with Crippen LogP contribution in [0.4, 0.5) is 0 Å². The van der Waals surface area contributed by atoms with E-state index in [1.165, 1.54) is 6.08 Å². The van der Waals surface area contributed by atoms with Gasteiger partial charge in [-0.25, -0.2) is 4.79 Å². The predicted molar refractivity (Wildman–Crippen MR) is 100 cm³/mol. The number of amides is 2. The first kappa shape index (κ1) is 24.0. The third-order valence-corrected chi connectivity index (χ3v) is 3.91. The highest BCUT2D eigenvalue weighted by Gasteiger charge is 2.27. The van der Waals surface area contributed by atoms with Crippen LogP contribution in [0.3, 0.4) is 0 Å². The van der Waals surface area contributed by atoms with E-state index in [-0.39, 0.29) is 11.8 Å². The second-order valence-corrected chi connectivity index (χ2v) is 7.45. The van der Waals surface area contributed by atoms with E-state index in [2.05, 4.69) is 15.6 Å². The van der Waals surface area contributed by atoms with Crippen molar-refractivity contribution in [1.82, 2.24) is 10.6 Å². The van der Waals surface area contributed by atoms with Crippen LogP contribution in [-0.4, -0.2) is 42.3 Å². The average Bonchev–Trinajstić information content (AvgIpc) is 2.56. The molecule has 7 heteroatoms. The van der Waals surface area contributed by atoms with Crippen LogP contribution in [0.1, 0.15) is 66.7 Å². The first-order chi connectivity index (χ1) is 12.2. The molecule has 0 aliphatic heterocycles. The van der Waals surface area contributed by atoms with E-state index in [0.717, 1.165) is 19.1 Å². The zero-order valence-electron chi connectivity index (χ0n) is 16.6. The number of rotatable bonds is 13. The van der Waals surface area contributed by atoms with Gasteiger partial charge in [0.15, 0.2) is 0 Å². The molecule has 0 rings (SSSR count). The normalized spacial score (nSPS) is 14.3. The number of nitrogens with zero attached hydrogens (tertiary/aromatic N) is 1. The fourth-order valence-corrected chi connectivity index (χ4v) is 2.58. The molecule has 0 fully saturated rings. The highest BCUT2D eigenvalue weighted by molar-refractivity contribution is 5.91. The van der Waals surface area contributed by atoms with E-state index in [1.807, 2.05) is 34.6 Å². The number of aliphatic imine (C=N–C) groups is 1. The summed E-state index contributed by atoms with van der Waals surface area (Å²) in [5, 5.41) is 5.38. The number of aldehydes is 1. The molecule has 2 amide bonds. The van der Waals surface area contributed by atoms with E-state index >= 15 is 0 Å². The lowest BCUT2D eigenvalue weighted by atomic mass is 10.00. The Labute approximate surface area is 156 Å². The molecule has 0 unspecified atom stereocenters. The number of hydrogen-bond donors (Lipinski definition) is 2. The molecular formula is C19H33N3O4. The van der Waals surface area contributed by atoms with Crippen LogP contribution >= 0.6 is 0 Å². The van der Waals surface area contributed by atoms with Crippen LogP contribution < -0.4 is 10.6 Å². The van der Waals surface area contributed by atoms with Crippen molar-refractivity contribution in [1.29, 1.82) is 0 Å². The minimum absolute atomic E-state index is 0.161. The fourth-order valence-electron chi connectivity index (χ4n) is 2.58. The van der Waals surface area contributed by atoms with E-state index in [4.69, 9.17) is 0 Å². The summed E-state index contributed by atoms with van der Waals surface area (Å²) in [5.41, 5.74) is 0. The van der Waals surface area contributed by atoms with Crippen LogP contribution in [-0.2, 0) is 19.2 Å². The van der Waals surface area contributed by atoms with Gasteiger partial charge in [0.2, 0.25) is 17.9 Å². The average molecular weight is 367 g/mol. The number of carbonyl (C=O) groups excluding carboxylic acids is 4. The summed E-state index contributed by atoms with van der Waals surface area (Å²) in [5.74, 6) is -0.541. The molecule has 26 heavy (non-hydrogen) atoms. The van der Waals surface area contributed by atoms with Crippen LogP contribution in [0.2, 0.25) is 0 Å². The summed E-state index contributed by atoms with van der Waals surface area (Å²) in [6.45, 7) is 9.72. The van der Waals surface area contributed by atoms with Crippen molar-refractivity contribution < 1.29 is 19.2 Å². The van der Waals surface area contributed by atoms with Gasteiger partial charge in [-0.05, 0) is 31.1 Å². The second kappa shape index (κ2) is 13.2. The van der Waals surface area contributed by atoms with Crippen molar-refractivity contribution in [3.05, 3.63) is 0 Å². The van der Waals surface area contributed by atoms with Crippen LogP contribution in [0, 0.1) is 11.8 Å². The zero-order valence-corrected chi connectivity index (χ0v) is 16.6. The van der Waals surface area contributed by atoms with Crippen LogP contribution in [0.25, 0.3) is 0 Å². The molecule has 0 bridgehead atoms. The second-order valence-electron chi connectivity index (χ2n) is 7.45. The number of carbonyl (C=O) groups is 3. The van der Waals surface area contributed by atoms with Crippen LogP contribution in [0.5, 0.6) is 0 Å². The van der Waals surface area contributed by atoms with E-state index in [1.54, 1.807) is 0 Å². The van der Waals surface area contributed by atoms with Crippen molar-refractivity contribution in [3.8, 4) is 0 Å². The first-order valence-electron chi connectivity index (χ1n) is 9.38. The van der Waals surface area contributed by atoms with Crippen LogP contribution in [0.15, 0.2) is 4.99 Å². The minimum atomic E-state index is -0.864. The molecule has 3 atom stereocenters. The Kier molecular flexibility index (Phi) is 12.2. The lowest BCUT2D eigenvalue weighted by Crippen LogP contribution is -2.52. The first-order valence-corrected chi connectivity index (χ1v) is 9.38. The summed E-state index contributed by atoms with van der Waals surface area (Å²) >= 11 is 0. The topological polar surface area (TPSA) is 105 Å². The number of unbranched alkanes of at least 4 members (excludes halogenated alkanes) is 1. The monoisotopic (exact) mass is 367 g/mol. The molecule has 0 saturated carbocycles. The summed E-state index contributed by atoms with van der Waals surface area (Å²) in [6, 6.07) is -2.20. The van der Waals surface area contributed by atoms with Gasteiger partial charge in [-0.1, -0.05) is 47.5 Å². The third-order valence-electron chi connectivity index (χ3n) is 3.91. The maximum atomic E-state index is 12.6. The molecule has 0 aliphatic carbocycles. The van der Waals surface area contributed by atoms with Crippen molar-refractivity contribution in [2.45, 2.75) is 84.8 Å². The van der Waals surface area contributed by atoms with E-state index in [9.17, 15) is 19.2 Å². The molecule has 0 radical (unpaired) electrons. The molecule has 0 heterocycles. The Morgan fingerprint density at radius 1 is 1.04 bits per heavy atom. The minimum Gasteiger partial charge on any atom is -0.345 e. The summed E-state index contributed by atoms with van der Waals surface area (Å²) < 4.78 is 0. The van der Waals surface area contributed by atoms with Gasteiger partial charge in [-0.15, -0.1) is 0 Å². The van der Waals surface area contributed by atoms with Crippen molar-refractivity contribution in [2.24, 2.45) is 16.8 Å². The van der Waals surface area contributed by atoms with Gasteiger partial charge in [-0.3, -0.25) is 9.59 Å². The molecule has 148 valence electrons. The summed E-state index contributed by atoms with van der Waals surface area (Å²) in [4.78, 5) is 50.3. The number of nitrogens with one attached hydrogen (secondary N) is 2. The van der Waals surface area contributed by atoms with Crippen molar-refractivity contribution >= 4 is 24.2 Å². The SMILES string of the molecule is CCCC[C@@H](C=O)NC(=O)[C@H](CC(C)C)NC(=O)[C@H](CC(C)C)N=C=O. The van der Waals surface area contributed by atoms with Gasteiger partial charge < -0.3 is 15.4 Å². The molecular weight excluding hydrogens is 334 g/mol. The Hall–Kier alpha value is -2.01. The van der Waals surface area contributed by atoms with Gasteiger partial charge in [0.1, 0.15) is 18.4 Å². The maximum absolute atomic E-state index is 12.6.